The number of fused-ring (bicyclic) bond motifs is 1. The van der Waals surface area contributed by atoms with E-state index in [-0.39, 0.29) is 5.91 Å². The molecule has 5 rings (SSSR count). The van der Waals surface area contributed by atoms with Gasteiger partial charge in [0, 0.05) is 37.5 Å². The molecule has 0 atom stereocenters. The van der Waals surface area contributed by atoms with E-state index in [0.717, 1.165) is 46.4 Å². The predicted molar refractivity (Wildman–Crippen MR) is 121 cm³/mol. The molecule has 1 amide bonds. The molecule has 0 radical (unpaired) electrons. The fourth-order valence-electron chi connectivity index (χ4n) is 3.88. The standard InChI is InChI=1S/C25H25N5O2/c1-16-23-20(13-21(19-8-9-19)28-24(23)30(2)29-16)25(31)27-14-18-10-11-26-22(12-18)32-15-17-6-4-3-5-7-17/h3-7,10-13,19H,8-9,14-15H2,1-2H3,(H,27,31). The number of benzene rings is 1. The second-order valence-electron chi connectivity index (χ2n) is 8.24. The molecule has 1 aliphatic rings. The van der Waals surface area contributed by atoms with Gasteiger partial charge in [-0.05, 0) is 43.0 Å². The zero-order chi connectivity index (χ0) is 22.1. The minimum Gasteiger partial charge on any atom is -0.473 e. The molecule has 3 heterocycles. The molecule has 0 unspecified atom stereocenters. The SMILES string of the molecule is Cc1nn(C)c2nc(C3CC3)cc(C(=O)NCc3ccnc(OCc4ccccc4)c3)c12. The summed E-state index contributed by atoms with van der Waals surface area (Å²) in [6.45, 7) is 2.74. The highest BCUT2D eigenvalue weighted by molar-refractivity contribution is 6.06. The van der Waals surface area contributed by atoms with Gasteiger partial charge < -0.3 is 10.1 Å². The Balaban J connectivity index is 1.31. The van der Waals surface area contributed by atoms with Crippen molar-refractivity contribution < 1.29 is 9.53 Å². The molecule has 1 aromatic carbocycles. The fraction of sp³-hybridized carbons (Fsp3) is 0.280. The minimum atomic E-state index is -0.126. The normalized spacial score (nSPS) is 13.3. The van der Waals surface area contributed by atoms with Gasteiger partial charge in [0.15, 0.2) is 5.65 Å². The highest BCUT2D eigenvalue weighted by atomic mass is 16.5. The summed E-state index contributed by atoms with van der Waals surface area (Å²) >= 11 is 0. The number of carbonyl (C=O) groups is 1. The van der Waals surface area contributed by atoms with Gasteiger partial charge in [0.25, 0.3) is 5.91 Å². The van der Waals surface area contributed by atoms with Gasteiger partial charge in [-0.15, -0.1) is 0 Å². The van der Waals surface area contributed by atoms with E-state index in [1.54, 1.807) is 10.9 Å². The van der Waals surface area contributed by atoms with Crippen LogP contribution in [0.1, 0.15) is 51.6 Å². The number of amides is 1. The van der Waals surface area contributed by atoms with Crippen molar-refractivity contribution in [2.75, 3.05) is 0 Å². The maximum Gasteiger partial charge on any atom is 0.252 e. The lowest BCUT2D eigenvalue weighted by Crippen LogP contribution is -2.23. The second-order valence-corrected chi connectivity index (χ2v) is 8.24. The van der Waals surface area contributed by atoms with E-state index in [9.17, 15) is 4.79 Å². The number of nitrogens with one attached hydrogen (secondary N) is 1. The molecule has 0 bridgehead atoms. The Bertz CT molecular complexity index is 1280. The van der Waals surface area contributed by atoms with Crippen molar-refractivity contribution in [3.8, 4) is 5.88 Å². The van der Waals surface area contributed by atoms with E-state index < -0.39 is 0 Å². The predicted octanol–water partition coefficient (Wildman–Crippen LogP) is 4.06. The summed E-state index contributed by atoms with van der Waals surface area (Å²) in [6.07, 6.45) is 3.95. The van der Waals surface area contributed by atoms with Crippen molar-refractivity contribution in [1.29, 1.82) is 0 Å². The molecule has 4 aromatic rings. The Hall–Kier alpha value is -3.74. The van der Waals surface area contributed by atoms with Crippen LogP contribution < -0.4 is 10.1 Å². The van der Waals surface area contributed by atoms with Crippen LogP contribution in [0.5, 0.6) is 5.88 Å². The molecule has 162 valence electrons. The third-order valence-electron chi connectivity index (χ3n) is 5.71. The van der Waals surface area contributed by atoms with E-state index >= 15 is 0 Å². The monoisotopic (exact) mass is 427 g/mol. The van der Waals surface area contributed by atoms with Crippen LogP contribution in [0.15, 0.2) is 54.7 Å². The van der Waals surface area contributed by atoms with Gasteiger partial charge in [0.1, 0.15) is 6.61 Å². The number of pyridine rings is 2. The molecule has 0 saturated heterocycles. The van der Waals surface area contributed by atoms with E-state index in [4.69, 9.17) is 9.72 Å². The van der Waals surface area contributed by atoms with Gasteiger partial charge in [-0.3, -0.25) is 9.48 Å². The van der Waals surface area contributed by atoms with Crippen molar-refractivity contribution in [1.82, 2.24) is 25.1 Å². The molecular weight excluding hydrogens is 402 g/mol. The van der Waals surface area contributed by atoms with E-state index in [1.807, 2.05) is 62.5 Å². The number of nitrogens with zero attached hydrogens (tertiary/aromatic N) is 4. The van der Waals surface area contributed by atoms with Crippen molar-refractivity contribution >= 4 is 16.9 Å². The minimum absolute atomic E-state index is 0.126. The van der Waals surface area contributed by atoms with Gasteiger partial charge in [0.2, 0.25) is 5.88 Å². The van der Waals surface area contributed by atoms with Gasteiger partial charge in [-0.1, -0.05) is 30.3 Å². The van der Waals surface area contributed by atoms with Crippen molar-refractivity contribution in [2.45, 2.75) is 38.8 Å². The number of hydrogen-bond acceptors (Lipinski definition) is 5. The topological polar surface area (TPSA) is 81.9 Å². The summed E-state index contributed by atoms with van der Waals surface area (Å²) in [5.74, 6) is 0.857. The third-order valence-corrected chi connectivity index (χ3v) is 5.71. The fourth-order valence-corrected chi connectivity index (χ4v) is 3.88. The summed E-state index contributed by atoms with van der Waals surface area (Å²) in [4.78, 5) is 22.2. The van der Waals surface area contributed by atoms with Gasteiger partial charge in [0.05, 0.1) is 16.6 Å². The van der Waals surface area contributed by atoms with Crippen LogP contribution in [-0.2, 0) is 20.2 Å². The molecular formula is C25H25N5O2. The molecule has 1 saturated carbocycles. The molecule has 7 nitrogen and oxygen atoms in total. The molecule has 1 fully saturated rings. The Morgan fingerprint density at radius 1 is 1.16 bits per heavy atom. The number of aryl methyl sites for hydroxylation is 2. The van der Waals surface area contributed by atoms with Gasteiger partial charge in [-0.2, -0.15) is 5.10 Å². The van der Waals surface area contributed by atoms with E-state index in [2.05, 4.69) is 15.4 Å². The molecule has 1 N–H and O–H groups in total. The number of hydrogen-bond donors (Lipinski definition) is 1. The summed E-state index contributed by atoms with van der Waals surface area (Å²) < 4.78 is 7.56. The van der Waals surface area contributed by atoms with Crippen LogP contribution in [0.3, 0.4) is 0 Å². The summed E-state index contributed by atoms with van der Waals surface area (Å²) in [6, 6.07) is 15.6. The van der Waals surface area contributed by atoms with Crippen LogP contribution in [0.4, 0.5) is 0 Å². The summed E-state index contributed by atoms with van der Waals surface area (Å²) in [5.41, 5.74) is 5.18. The smallest absolute Gasteiger partial charge is 0.252 e. The summed E-state index contributed by atoms with van der Waals surface area (Å²) in [5, 5.41) is 8.34. The Kier molecular flexibility index (Phi) is 5.31. The largest absolute Gasteiger partial charge is 0.473 e. The molecule has 3 aromatic heterocycles. The lowest BCUT2D eigenvalue weighted by molar-refractivity contribution is 0.0952. The van der Waals surface area contributed by atoms with E-state index in [0.29, 0.717) is 30.5 Å². The first-order chi connectivity index (χ1) is 15.6. The Morgan fingerprint density at radius 2 is 1.97 bits per heavy atom. The van der Waals surface area contributed by atoms with Crippen molar-refractivity contribution in [2.24, 2.45) is 7.05 Å². The third kappa shape index (κ3) is 4.19. The Labute approximate surface area is 186 Å². The van der Waals surface area contributed by atoms with Gasteiger partial charge in [-0.25, -0.2) is 9.97 Å². The highest BCUT2D eigenvalue weighted by Gasteiger charge is 2.28. The van der Waals surface area contributed by atoms with Crippen LogP contribution >= 0.6 is 0 Å². The maximum atomic E-state index is 13.2. The van der Waals surface area contributed by atoms with E-state index in [1.165, 1.54) is 0 Å². The molecule has 0 aliphatic heterocycles. The highest BCUT2D eigenvalue weighted by Crippen LogP contribution is 2.40. The van der Waals surface area contributed by atoms with Crippen molar-refractivity contribution in [3.05, 3.63) is 82.8 Å². The Morgan fingerprint density at radius 3 is 2.75 bits per heavy atom. The average molecular weight is 428 g/mol. The van der Waals surface area contributed by atoms with Gasteiger partial charge >= 0.3 is 0 Å². The lowest BCUT2D eigenvalue weighted by atomic mass is 10.1. The zero-order valence-electron chi connectivity index (χ0n) is 18.2. The van der Waals surface area contributed by atoms with Crippen LogP contribution in [0, 0.1) is 6.92 Å². The molecule has 1 aliphatic carbocycles. The molecule has 32 heavy (non-hydrogen) atoms. The molecule has 7 heteroatoms. The number of ether oxygens (including phenoxy) is 1. The van der Waals surface area contributed by atoms with Crippen LogP contribution in [0.2, 0.25) is 0 Å². The zero-order valence-corrected chi connectivity index (χ0v) is 18.2. The van der Waals surface area contributed by atoms with Crippen molar-refractivity contribution in [3.63, 3.8) is 0 Å². The second kappa shape index (κ2) is 8.42. The molecule has 0 spiro atoms. The van der Waals surface area contributed by atoms with Crippen LogP contribution in [-0.4, -0.2) is 25.7 Å². The lowest BCUT2D eigenvalue weighted by Gasteiger charge is -2.10. The van der Waals surface area contributed by atoms with Crippen LogP contribution in [0.25, 0.3) is 11.0 Å². The first-order valence-electron chi connectivity index (χ1n) is 10.8. The number of aromatic nitrogens is 4. The first-order valence-corrected chi connectivity index (χ1v) is 10.8. The first kappa shape index (κ1) is 20.2. The number of rotatable bonds is 7. The maximum absolute atomic E-state index is 13.2. The average Bonchev–Trinajstić information content (AvgIpc) is 3.62. The number of carbonyl (C=O) groups excluding carboxylic acids is 1. The quantitative estimate of drug-likeness (QED) is 0.481. The summed E-state index contributed by atoms with van der Waals surface area (Å²) in [7, 11) is 1.87.